The fraction of sp³-hybridized carbons (Fsp3) is 0.429. The van der Waals surface area contributed by atoms with Gasteiger partial charge in [-0.25, -0.2) is 0 Å². The number of aliphatic carboxylic acids is 1. The molecule has 1 aliphatic rings. The molecule has 0 aromatic heterocycles. The smallest absolute Gasteiger partial charge is 0.416 e. The van der Waals surface area contributed by atoms with Crippen LogP contribution in [0, 0.1) is 5.92 Å². The molecule has 21 heavy (non-hydrogen) atoms. The lowest BCUT2D eigenvalue weighted by atomic mass is 10.1. The van der Waals surface area contributed by atoms with Crippen molar-refractivity contribution in [3.63, 3.8) is 0 Å². The van der Waals surface area contributed by atoms with Crippen LogP contribution in [0.4, 0.5) is 13.2 Å². The summed E-state index contributed by atoms with van der Waals surface area (Å²) in [5.41, 5.74) is -0.687. The lowest BCUT2D eigenvalue weighted by molar-refractivity contribution is -0.141. The summed E-state index contributed by atoms with van der Waals surface area (Å²) in [7, 11) is 0. The van der Waals surface area contributed by atoms with Gasteiger partial charge in [-0.2, -0.15) is 13.2 Å². The number of nitrogens with one attached hydrogen (secondary N) is 1. The molecule has 2 N–H and O–H groups in total. The molecule has 1 amide bonds. The van der Waals surface area contributed by atoms with Gasteiger partial charge in [0.1, 0.15) is 0 Å². The van der Waals surface area contributed by atoms with Crippen LogP contribution in [0.1, 0.15) is 35.2 Å². The number of carbonyl (C=O) groups is 2. The van der Waals surface area contributed by atoms with Crippen LogP contribution in [0.25, 0.3) is 0 Å². The minimum Gasteiger partial charge on any atom is -0.481 e. The molecule has 0 saturated heterocycles. The molecule has 2 unspecified atom stereocenters. The van der Waals surface area contributed by atoms with Gasteiger partial charge in [0.05, 0.1) is 11.5 Å². The molecule has 1 aromatic rings. The molecule has 0 heterocycles. The standard InChI is InChI=1S/C14H14F3NO3/c15-14(16,17)10-4-1-8(2-5-10)12(19)18-11-6-3-9(7-11)13(20)21/h1-2,4-5,9,11H,3,6-7H2,(H,18,19)(H,20,21). The van der Waals surface area contributed by atoms with Crippen LogP contribution in [0.15, 0.2) is 24.3 Å². The van der Waals surface area contributed by atoms with E-state index in [1.165, 1.54) is 0 Å². The molecule has 4 nitrogen and oxygen atoms in total. The Kier molecular flexibility index (Phi) is 4.20. The summed E-state index contributed by atoms with van der Waals surface area (Å²) in [6.45, 7) is 0. The van der Waals surface area contributed by atoms with E-state index in [4.69, 9.17) is 5.11 Å². The maximum Gasteiger partial charge on any atom is 0.416 e. The number of hydrogen-bond acceptors (Lipinski definition) is 2. The summed E-state index contributed by atoms with van der Waals surface area (Å²) < 4.78 is 37.2. The van der Waals surface area contributed by atoms with E-state index in [2.05, 4.69) is 5.32 Å². The van der Waals surface area contributed by atoms with Gasteiger partial charge in [0.15, 0.2) is 0 Å². The Morgan fingerprint density at radius 2 is 1.76 bits per heavy atom. The lowest BCUT2D eigenvalue weighted by Gasteiger charge is -2.13. The molecule has 114 valence electrons. The third kappa shape index (κ3) is 3.74. The molecular formula is C14H14F3NO3. The lowest BCUT2D eigenvalue weighted by Crippen LogP contribution is -2.33. The molecule has 0 spiro atoms. The monoisotopic (exact) mass is 301 g/mol. The Morgan fingerprint density at radius 1 is 1.14 bits per heavy atom. The van der Waals surface area contributed by atoms with Gasteiger partial charge in [-0.1, -0.05) is 0 Å². The second-order valence-corrected chi connectivity index (χ2v) is 5.09. The third-order valence-electron chi connectivity index (χ3n) is 3.59. The molecule has 1 fully saturated rings. The quantitative estimate of drug-likeness (QED) is 0.902. The van der Waals surface area contributed by atoms with E-state index in [1.807, 2.05) is 0 Å². The molecule has 1 saturated carbocycles. The number of carbonyl (C=O) groups excluding carboxylic acids is 1. The minimum atomic E-state index is -4.44. The first-order valence-corrected chi connectivity index (χ1v) is 6.48. The predicted molar refractivity (Wildman–Crippen MR) is 67.7 cm³/mol. The number of alkyl halides is 3. The molecule has 1 aliphatic carbocycles. The summed E-state index contributed by atoms with van der Waals surface area (Å²) in [5, 5.41) is 11.5. The fourth-order valence-corrected chi connectivity index (χ4v) is 2.42. The highest BCUT2D eigenvalue weighted by atomic mass is 19.4. The van der Waals surface area contributed by atoms with Gasteiger partial charge in [-0.15, -0.1) is 0 Å². The van der Waals surface area contributed by atoms with Crippen LogP contribution >= 0.6 is 0 Å². The SMILES string of the molecule is O=C(NC1CCC(C(=O)O)C1)c1ccc(C(F)(F)F)cc1. The molecule has 7 heteroatoms. The summed E-state index contributed by atoms with van der Waals surface area (Å²) in [6, 6.07) is 3.68. The first kappa shape index (κ1) is 15.3. The highest BCUT2D eigenvalue weighted by Gasteiger charge is 2.32. The van der Waals surface area contributed by atoms with Gasteiger partial charge in [-0.05, 0) is 43.5 Å². The zero-order valence-electron chi connectivity index (χ0n) is 11.0. The minimum absolute atomic E-state index is 0.127. The van der Waals surface area contributed by atoms with Gasteiger partial charge in [0, 0.05) is 11.6 Å². The zero-order chi connectivity index (χ0) is 15.6. The molecule has 0 aliphatic heterocycles. The van der Waals surface area contributed by atoms with E-state index in [1.54, 1.807) is 0 Å². The predicted octanol–water partition coefficient (Wildman–Crippen LogP) is 2.69. The highest BCUT2D eigenvalue weighted by molar-refractivity contribution is 5.94. The van der Waals surface area contributed by atoms with Crippen molar-refractivity contribution in [2.24, 2.45) is 5.92 Å². The van der Waals surface area contributed by atoms with E-state index in [-0.39, 0.29) is 11.6 Å². The molecular weight excluding hydrogens is 287 g/mol. The van der Waals surface area contributed by atoms with E-state index in [0.717, 1.165) is 24.3 Å². The topological polar surface area (TPSA) is 66.4 Å². The first-order chi connectivity index (χ1) is 9.77. The number of hydrogen-bond donors (Lipinski definition) is 2. The summed E-state index contributed by atoms with van der Waals surface area (Å²) in [4.78, 5) is 22.7. The van der Waals surface area contributed by atoms with Crippen LogP contribution < -0.4 is 5.32 Å². The Morgan fingerprint density at radius 3 is 2.24 bits per heavy atom. The van der Waals surface area contributed by atoms with Gasteiger partial charge in [0.2, 0.25) is 0 Å². The van der Waals surface area contributed by atoms with E-state index in [9.17, 15) is 22.8 Å². The molecule has 2 rings (SSSR count). The molecule has 0 bridgehead atoms. The van der Waals surface area contributed by atoms with Crippen molar-refractivity contribution in [1.29, 1.82) is 0 Å². The summed E-state index contributed by atoms with van der Waals surface area (Å²) in [5.74, 6) is -1.84. The summed E-state index contributed by atoms with van der Waals surface area (Å²) >= 11 is 0. The largest absolute Gasteiger partial charge is 0.481 e. The van der Waals surface area contributed by atoms with E-state index >= 15 is 0 Å². The van der Waals surface area contributed by atoms with Crippen molar-refractivity contribution >= 4 is 11.9 Å². The van der Waals surface area contributed by atoms with Crippen LogP contribution in [-0.2, 0) is 11.0 Å². The van der Waals surface area contributed by atoms with Crippen LogP contribution in [-0.4, -0.2) is 23.0 Å². The van der Waals surface area contributed by atoms with Crippen molar-refractivity contribution in [3.05, 3.63) is 35.4 Å². The zero-order valence-corrected chi connectivity index (χ0v) is 11.0. The van der Waals surface area contributed by atoms with E-state index < -0.39 is 29.5 Å². The number of carboxylic acid groups (broad SMARTS) is 1. The molecule has 2 atom stereocenters. The number of halogens is 3. The summed E-state index contributed by atoms with van der Waals surface area (Å²) in [6.07, 6.45) is -3.03. The van der Waals surface area contributed by atoms with Crippen molar-refractivity contribution in [1.82, 2.24) is 5.32 Å². The molecule has 1 aromatic carbocycles. The van der Waals surface area contributed by atoms with Crippen molar-refractivity contribution < 1.29 is 27.9 Å². The van der Waals surface area contributed by atoms with Crippen molar-refractivity contribution in [2.75, 3.05) is 0 Å². The Hall–Kier alpha value is -2.05. The average Bonchev–Trinajstić information content (AvgIpc) is 2.86. The van der Waals surface area contributed by atoms with Crippen molar-refractivity contribution in [2.45, 2.75) is 31.5 Å². The maximum atomic E-state index is 12.4. The number of benzene rings is 1. The van der Waals surface area contributed by atoms with Gasteiger partial charge < -0.3 is 10.4 Å². The number of amides is 1. The number of carboxylic acids is 1. The van der Waals surface area contributed by atoms with Crippen LogP contribution in [0.2, 0.25) is 0 Å². The first-order valence-electron chi connectivity index (χ1n) is 6.48. The van der Waals surface area contributed by atoms with E-state index in [0.29, 0.717) is 19.3 Å². The fourth-order valence-electron chi connectivity index (χ4n) is 2.42. The van der Waals surface area contributed by atoms with Crippen LogP contribution in [0.5, 0.6) is 0 Å². The van der Waals surface area contributed by atoms with Gasteiger partial charge >= 0.3 is 12.1 Å². The maximum absolute atomic E-state index is 12.4. The molecule has 0 radical (unpaired) electrons. The second kappa shape index (κ2) is 5.75. The Bertz CT molecular complexity index is 539. The normalized spacial score (nSPS) is 22.0. The second-order valence-electron chi connectivity index (χ2n) is 5.09. The Labute approximate surface area is 119 Å². The average molecular weight is 301 g/mol. The number of rotatable bonds is 3. The van der Waals surface area contributed by atoms with Crippen LogP contribution in [0.3, 0.4) is 0 Å². The van der Waals surface area contributed by atoms with Gasteiger partial charge in [0.25, 0.3) is 5.91 Å². The third-order valence-corrected chi connectivity index (χ3v) is 3.59. The highest BCUT2D eigenvalue weighted by Crippen LogP contribution is 2.29. The van der Waals surface area contributed by atoms with Crippen molar-refractivity contribution in [3.8, 4) is 0 Å². The Balaban J connectivity index is 1.97. The van der Waals surface area contributed by atoms with Gasteiger partial charge in [-0.3, -0.25) is 9.59 Å².